The van der Waals surface area contributed by atoms with Gasteiger partial charge in [0.15, 0.2) is 0 Å². The maximum Gasteiger partial charge on any atom is 0.262 e. The second kappa shape index (κ2) is 7.44. The van der Waals surface area contributed by atoms with Crippen LogP contribution in [-0.2, 0) is 7.05 Å². The zero-order valence-electron chi connectivity index (χ0n) is 11.2. The third-order valence-corrected chi connectivity index (χ3v) is 2.02. The van der Waals surface area contributed by atoms with Gasteiger partial charge in [-0.1, -0.05) is 39.8 Å². The molecule has 2 aromatic rings. The molecule has 0 bridgehead atoms. The molecule has 0 radical (unpaired) electrons. The quantitative estimate of drug-likeness (QED) is 0.763. The molecule has 0 saturated carbocycles. The molecule has 0 aliphatic rings. The summed E-state index contributed by atoms with van der Waals surface area (Å²) < 4.78 is 1.34. The molecule has 4 heteroatoms. The van der Waals surface area contributed by atoms with Crippen LogP contribution in [0.2, 0.25) is 0 Å². The number of nitrogen functional groups attached to an aromatic ring is 1. The van der Waals surface area contributed by atoms with Crippen LogP contribution in [0.1, 0.15) is 27.7 Å². The van der Waals surface area contributed by atoms with Crippen LogP contribution in [0.4, 0.5) is 5.95 Å². The van der Waals surface area contributed by atoms with E-state index < -0.39 is 0 Å². The van der Waals surface area contributed by atoms with Crippen LogP contribution in [0.3, 0.4) is 0 Å². The molecule has 0 spiro atoms. The first-order chi connectivity index (χ1) is 8.20. The number of hydrogen-bond acceptors (Lipinski definition) is 3. The lowest BCUT2D eigenvalue weighted by atomic mass is 10.2. The third kappa shape index (κ3) is 3.31. The number of aromatic nitrogens is 2. The van der Waals surface area contributed by atoms with Crippen LogP contribution >= 0.6 is 0 Å². The van der Waals surface area contributed by atoms with Gasteiger partial charge in [-0.15, -0.1) is 0 Å². The molecule has 0 atom stereocenters. The Labute approximate surface area is 102 Å². The van der Waals surface area contributed by atoms with Gasteiger partial charge in [-0.2, -0.15) is 0 Å². The average Bonchev–Trinajstić information content (AvgIpc) is 2.41. The summed E-state index contributed by atoms with van der Waals surface area (Å²) in [5.41, 5.74) is 6.07. The van der Waals surface area contributed by atoms with Crippen LogP contribution in [-0.4, -0.2) is 9.55 Å². The highest BCUT2D eigenvalue weighted by molar-refractivity contribution is 5.78. The van der Waals surface area contributed by atoms with Crippen LogP contribution in [0.25, 0.3) is 10.9 Å². The summed E-state index contributed by atoms with van der Waals surface area (Å²) in [6, 6.07) is 7.15. The van der Waals surface area contributed by atoms with Gasteiger partial charge >= 0.3 is 0 Å². The lowest BCUT2D eigenvalue weighted by molar-refractivity contribution is 0.861. The van der Waals surface area contributed by atoms with E-state index in [2.05, 4.69) is 4.98 Å². The standard InChI is InChI=1S/C9H9N3O.2C2H6/c1-12-8(13)6-4-2-3-5-7(6)11-9(12)10;2*1-2/h2-5H,1H3,(H2,10,11);2*1-2H3. The van der Waals surface area contributed by atoms with Crippen molar-refractivity contribution >= 4 is 16.9 Å². The normalized spacial score (nSPS) is 8.76. The lowest BCUT2D eigenvalue weighted by Gasteiger charge is -2.03. The van der Waals surface area contributed by atoms with Crippen molar-refractivity contribution in [3.63, 3.8) is 0 Å². The first-order valence-corrected chi connectivity index (χ1v) is 5.91. The van der Waals surface area contributed by atoms with Gasteiger partial charge in [0.1, 0.15) is 0 Å². The molecule has 0 aliphatic carbocycles. The van der Waals surface area contributed by atoms with Crippen molar-refractivity contribution in [1.82, 2.24) is 9.55 Å². The fraction of sp³-hybridized carbons (Fsp3) is 0.385. The molecule has 1 heterocycles. The van der Waals surface area contributed by atoms with E-state index in [1.807, 2.05) is 39.8 Å². The van der Waals surface area contributed by atoms with Crippen molar-refractivity contribution in [2.24, 2.45) is 7.05 Å². The van der Waals surface area contributed by atoms with E-state index in [-0.39, 0.29) is 11.5 Å². The van der Waals surface area contributed by atoms with Gasteiger partial charge in [0, 0.05) is 7.05 Å². The molecule has 0 amide bonds. The molecule has 94 valence electrons. The molecule has 1 aromatic heterocycles. The molecule has 1 aromatic carbocycles. The summed E-state index contributed by atoms with van der Waals surface area (Å²) in [6.45, 7) is 8.00. The smallest absolute Gasteiger partial charge is 0.262 e. The number of benzene rings is 1. The van der Waals surface area contributed by atoms with Crippen molar-refractivity contribution in [2.45, 2.75) is 27.7 Å². The molecule has 0 saturated heterocycles. The summed E-state index contributed by atoms with van der Waals surface area (Å²) in [5, 5.41) is 0.596. The molecule has 0 aliphatic heterocycles. The maximum atomic E-state index is 11.6. The largest absolute Gasteiger partial charge is 0.369 e. The Morgan fingerprint density at radius 2 is 1.65 bits per heavy atom. The zero-order valence-corrected chi connectivity index (χ0v) is 11.2. The fourth-order valence-electron chi connectivity index (χ4n) is 1.24. The Morgan fingerprint density at radius 1 is 1.12 bits per heavy atom. The van der Waals surface area contributed by atoms with E-state index in [1.165, 1.54) is 4.57 Å². The molecule has 4 nitrogen and oxygen atoms in total. The predicted octanol–water partition coefficient (Wildman–Crippen LogP) is 2.57. The summed E-state index contributed by atoms with van der Waals surface area (Å²) in [7, 11) is 1.61. The minimum Gasteiger partial charge on any atom is -0.369 e. The van der Waals surface area contributed by atoms with Crippen LogP contribution in [0.15, 0.2) is 29.1 Å². The Hall–Kier alpha value is -1.84. The van der Waals surface area contributed by atoms with Gasteiger partial charge in [0.25, 0.3) is 5.56 Å². The minimum atomic E-state index is -0.108. The van der Waals surface area contributed by atoms with Gasteiger partial charge in [-0.3, -0.25) is 9.36 Å². The van der Waals surface area contributed by atoms with E-state index in [1.54, 1.807) is 19.2 Å². The van der Waals surface area contributed by atoms with Crippen molar-refractivity contribution in [2.75, 3.05) is 5.73 Å². The Bertz CT molecular complexity index is 518. The van der Waals surface area contributed by atoms with Crippen molar-refractivity contribution in [3.8, 4) is 0 Å². The minimum absolute atomic E-state index is 0.108. The zero-order chi connectivity index (χ0) is 13.4. The van der Waals surface area contributed by atoms with E-state index >= 15 is 0 Å². The highest BCUT2D eigenvalue weighted by atomic mass is 16.1. The third-order valence-electron chi connectivity index (χ3n) is 2.02. The SMILES string of the molecule is CC.CC.Cn1c(N)nc2ccccc2c1=O. The van der Waals surface area contributed by atoms with Crippen LogP contribution in [0.5, 0.6) is 0 Å². The Kier molecular flexibility index (Phi) is 6.63. The number of nitrogens with two attached hydrogens (primary N) is 1. The Balaban J connectivity index is 0.000000581. The summed E-state index contributed by atoms with van der Waals surface area (Å²) in [4.78, 5) is 15.7. The molecule has 2 rings (SSSR count). The average molecular weight is 235 g/mol. The highest BCUT2D eigenvalue weighted by Crippen LogP contribution is 2.07. The van der Waals surface area contributed by atoms with Gasteiger partial charge in [0.2, 0.25) is 5.95 Å². The second-order valence-corrected chi connectivity index (χ2v) is 2.85. The van der Waals surface area contributed by atoms with E-state index in [4.69, 9.17) is 5.73 Å². The Morgan fingerprint density at radius 3 is 2.24 bits per heavy atom. The summed E-state index contributed by atoms with van der Waals surface area (Å²) in [5.74, 6) is 0.240. The van der Waals surface area contributed by atoms with Crippen molar-refractivity contribution < 1.29 is 0 Å². The molecule has 0 unspecified atom stereocenters. The number of fused-ring (bicyclic) bond motifs is 1. The molecular weight excluding hydrogens is 214 g/mol. The highest BCUT2D eigenvalue weighted by Gasteiger charge is 2.03. The number of hydrogen-bond donors (Lipinski definition) is 1. The summed E-state index contributed by atoms with van der Waals surface area (Å²) in [6.07, 6.45) is 0. The number of para-hydroxylation sites is 1. The molecule has 17 heavy (non-hydrogen) atoms. The number of rotatable bonds is 0. The van der Waals surface area contributed by atoms with Crippen LogP contribution in [0, 0.1) is 0 Å². The van der Waals surface area contributed by atoms with Gasteiger partial charge < -0.3 is 5.73 Å². The molecule has 2 N–H and O–H groups in total. The predicted molar refractivity (Wildman–Crippen MR) is 74.1 cm³/mol. The first kappa shape index (κ1) is 15.2. The van der Waals surface area contributed by atoms with Crippen molar-refractivity contribution in [1.29, 1.82) is 0 Å². The molecular formula is C13H21N3O. The van der Waals surface area contributed by atoms with Gasteiger partial charge in [-0.05, 0) is 12.1 Å². The van der Waals surface area contributed by atoms with Crippen molar-refractivity contribution in [3.05, 3.63) is 34.6 Å². The van der Waals surface area contributed by atoms with Gasteiger partial charge in [0.05, 0.1) is 10.9 Å². The second-order valence-electron chi connectivity index (χ2n) is 2.85. The fourth-order valence-corrected chi connectivity index (χ4v) is 1.24. The van der Waals surface area contributed by atoms with E-state index in [0.29, 0.717) is 10.9 Å². The van der Waals surface area contributed by atoms with E-state index in [0.717, 1.165) is 0 Å². The number of anilines is 1. The summed E-state index contributed by atoms with van der Waals surface area (Å²) >= 11 is 0. The number of nitrogens with zero attached hydrogens (tertiary/aromatic N) is 2. The maximum absolute atomic E-state index is 11.6. The van der Waals surface area contributed by atoms with Gasteiger partial charge in [-0.25, -0.2) is 4.98 Å². The van der Waals surface area contributed by atoms with Crippen LogP contribution < -0.4 is 11.3 Å². The topological polar surface area (TPSA) is 60.9 Å². The van der Waals surface area contributed by atoms with E-state index in [9.17, 15) is 4.79 Å². The lowest BCUT2D eigenvalue weighted by Crippen LogP contribution is -2.21. The molecule has 0 fully saturated rings. The monoisotopic (exact) mass is 235 g/mol. The first-order valence-electron chi connectivity index (χ1n) is 5.91.